The predicted molar refractivity (Wildman–Crippen MR) is 44.8 cm³/mol. The molecule has 1 saturated heterocycles. The third-order valence-electron chi connectivity index (χ3n) is 2.32. The van der Waals surface area contributed by atoms with E-state index >= 15 is 0 Å². The van der Waals surface area contributed by atoms with Crippen LogP contribution in [0.2, 0.25) is 0 Å². The largest absolute Gasteiger partial charge is 0.465 e. The zero-order valence-electron chi connectivity index (χ0n) is 7.21. The Morgan fingerprint density at radius 1 is 1.83 bits per heavy atom. The summed E-state index contributed by atoms with van der Waals surface area (Å²) in [6, 6.07) is 0. The van der Waals surface area contributed by atoms with Crippen LogP contribution in [-0.4, -0.2) is 41.4 Å². The fraction of sp³-hybridized carbons (Fsp3) is 0.857. The summed E-state index contributed by atoms with van der Waals surface area (Å²) in [5.74, 6) is 0. The molecule has 1 heterocycles. The SMILES string of the molecule is CCC1(N)CNCCN1C(=O)O. The van der Waals surface area contributed by atoms with Crippen LogP contribution >= 0.6 is 0 Å². The third-order valence-corrected chi connectivity index (χ3v) is 2.32. The molecule has 0 aromatic carbocycles. The summed E-state index contributed by atoms with van der Waals surface area (Å²) in [4.78, 5) is 12.1. The molecule has 12 heavy (non-hydrogen) atoms. The van der Waals surface area contributed by atoms with E-state index < -0.39 is 11.8 Å². The summed E-state index contributed by atoms with van der Waals surface area (Å²) in [6.45, 7) is 3.59. The van der Waals surface area contributed by atoms with E-state index in [0.717, 1.165) is 0 Å². The topological polar surface area (TPSA) is 78.6 Å². The Morgan fingerprint density at radius 2 is 2.50 bits per heavy atom. The minimum atomic E-state index is -0.930. The molecule has 0 radical (unpaired) electrons. The zero-order chi connectivity index (χ0) is 9.19. The number of carbonyl (C=O) groups is 1. The molecule has 1 atom stereocenters. The average molecular weight is 173 g/mol. The molecule has 1 fully saturated rings. The molecule has 1 aliphatic rings. The lowest BCUT2D eigenvalue weighted by Gasteiger charge is -2.42. The molecule has 0 spiro atoms. The van der Waals surface area contributed by atoms with Crippen molar-refractivity contribution in [3.8, 4) is 0 Å². The first-order valence-corrected chi connectivity index (χ1v) is 4.10. The average Bonchev–Trinajstić information content (AvgIpc) is 2.05. The van der Waals surface area contributed by atoms with Gasteiger partial charge in [0, 0.05) is 19.6 Å². The molecule has 1 unspecified atom stereocenters. The Hall–Kier alpha value is -0.810. The van der Waals surface area contributed by atoms with Gasteiger partial charge in [0.2, 0.25) is 0 Å². The van der Waals surface area contributed by atoms with E-state index in [1.807, 2.05) is 6.92 Å². The first-order chi connectivity index (χ1) is 5.60. The summed E-state index contributed by atoms with van der Waals surface area (Å²) >= 11 is 0. The Labute approximate surface area is 71.5 Å². The van der Waals surface area contributed by atoms with Gasteiger partial charge in [-0.25, -0.2) is 4.79 Å². The van der Waals surface area contributed by atoms with Crippen molar-refractivity contribution in [2.75, 3.05) is 19.6 Å². The summed E-state index contributed by atoms with van der Waals surface area (Å²) in [5, 5.41) is 11.9. The van der Waals surface area contributed by atoms with Crippen LogP contribution in [0.3, 0.4) is 0 Å². The van der Waals surface area contributed by atoms with Gasteiger partial charge in [0.25, 0.3) is 0 Å². The van der Waals surface area contributed by atoms with Crippen LogP contribution in [0.4, 0.5) is 4.79 Å². The number of nitrogens with two attached hydrogens (primary N) is 1. The molecule has 5 heteroatoms. The fourth-order valence-electron chi connectivity index (χ4n) is 1.42. The Kier molecular flexibility index (Phi) is 2.54. The van der Waals surface area contributed by atoms with E-state index in [1.54, 1.807) is 0 Å². The molecule has 5 nitrogen and oxygen atoms in total. The number of hydrogen-bond donors (Lipinski definition) is 3. The number of hydrogen-bond acceptors (Lipinski definition) is 3. The molecule has 0 aromatic heterocycles. The first-order valence-electron chi connectivity index (χ1n) is 4.10. The van der Waals surface area contributed by atoms with Gasteiger partial charge in [-0.3, -0.25) is 4.90 Å². The minimum absolute atomic E-state index is 0.472. The van der Waals surface area contributed by atoms with Crippen LogP contribution in [-0.2, 0) is 0 Å². The lowest BCUT2D eigenvalue weighted by Crippen LogP contribution is -2.67. The van der Waals surface area contributed by atoms with Crippen molar-refractivity contribution in [3.63, 3.8) is 0 Å². The Balaban J connectivity index is 2.73. The smallest absolute Gasteiger partial charge is 0.408 e. The zero-order valence-corrected chi connectivity index (χ0v) is 7.21. The van der Waals surface area contributed by atoms with Gasteiger partial charge in [-0.05, 0) is 6.42 Å². The van der Waals surface area contributed by atoms with E-state index in [0.29, 0.717) is 26.1 Å². The van der Waals surface area contributed by atoms with Gasteiger partial charge in [-0.1, -0.05) is 6.92 Å². The standard InChI is InChI=1S/C7H15N3O2/c1-2-7(8)5-9-3-4-10(7)6(11)12/h9H,2-5,8H2,1H3,(H,11,12). The number of carboxylic acid groups (broad SMARTS) is 1. The molecule has 70 valence electrons. The highest BCUT2D eigenvalue weighted by molar-refractivity contribution is 5.66. The summed E-state index contributed by atoms with van der Waals surface area (Å²) < 4.78 is 0. The summed E-state index contributed by atoms with van der Waals surface area (Å²) in [5.41, 5.74) is 5.17. The molecule has 4 N–H and O–H groups in total. The molecule has 0 aromatic rings. The highest BCUT2D eigenvalue weighted by Gasteiger charge is 2.36. The van der Waals surface area contributed by atoms with Crippen molar-refractivity contribution >= 4 is 6.09 Å². The second-order valence-electron chi connectivity index (χ2n) is 3.07. The molecule has 0 bridgehead atoms. The third kappa shape index (κ3) is 1.51. The maximum atomic E-state index is 10.7. The first kappa shape index (κ1) is 9.28. The maximum Gasteiger partial charge on any atom is 0.408 e. The van der Waals surface area contributed by atoms with Crippen molar-refractivity contribution in [3.05, 3.63) is 0 Å². The summed E-state index contributed by atoms with van der Waals surface area (Å²) in [7, 11) is 0. The van der Waals surface area contributed by atoms with Crippen LogP contribution in [0, 0.1) is 0 Å². The van der Waals surface area contributed by atoms with E-state index in [4.69, 9.17) is 10.8 Å². The van der Waals surface area contributed by atoms with Gasteiger partial charge < -0.3 is 16.2 Å². The monoisotopic (exact) mass is 173 g/mol. The number of amides is 1. The highest BCUT2D eigenvalue weighted by Crippen LogP contribution is 2.14. The van der Waals surface area contributed by atoms with Gasteiger partial charge in [0.15, 0.2) is 0 Å². The predicted octanol–water partition coefficient (Wildman–Crippen LogP) is -0.365. The van der Waals surface area contributed by atoms with Crippen LogP contribution in [0.15, 0.2) is 0 Å². The van der Waals surface area contributed by atoms with Crippen molar-refractivity contribution in [1.29, 1.82) is 0 Å². The molecular weight excluding hydrogens is 158 g/mol. The van der Waals surface area contributed by atoms with Crippen LogP contribution in [0.1, 0.15) is 13.3 Å². The van der Waals surface area contributed by atoms with Crippen LogP contribution in [0.5, 0.6) is 0 Å². The summed E-state index contributed by atoms with van der Waals surface area (Å²) in [6.07, 6.45) is -0.299. The van der Waals surface area contributed by atoms with Crippen LogP contribution < -0.4 is 11.1 Å². The normalized spacial score (nSPS) is 30.3. The lowest BCUT2D eigenvalue weighted by molar-refractivity contribution is 0.0574. The number of nitrogens with one attached hydrogen (secondary N) is 1. The molecule has 1 amide bonds. The molecule has 0 aliphatic carbocycles. The number of rotatable bonds is 1. The molecule has 1 aliphatic heterocycles. The van der Waals surface area contributed by atoms with E-state index in [1.165, 1.54) is 4.90 Å². The highest BCUT2D eigenvalue weighted by atomic mass is 16.4. The molecule has 1 rings (SSSR count). The van der Waals surface area contributed by atoms with Crippen molar-refractivity contribution in [2.24, 2.45) is 5.73 Å². The van der Waals surface area contributed by atoms with E-state index in [2.05, 4.69) is 5.32 Å². The van der Waals surface area contributed by atoms with Gasteiger partial charge >= 0.3 is 6.09 Å². The Bertz CT molecular complexity index is 185. The molecular formula is C7H15N3O2. The minimum Gasteiger partial charge on any atom is -0.465 e. The molecule has 0 saturated carbocycles. The van der Waals surface area contributed by atoms with Crippen LogP contribution in [0.25, 0.3) is 0 Å². The number of nitrogens with zero attached hydrogens (tertiary/aromatic N) is 1. The maximum absolute atomic E-state index is 10.7. The van der Waals surface area contributed by atoms with Gasteiger partial charge in [-0.15, -0.1) is 0 Å². The van der Waals surface area contributed by atoms with Gasteiger partial charge in [0.1, 0.15) is 5.66 Å². The van der Waals surface area contributed by atoms with Crippen molar-refractivity contribution in [2.45, 2.75) is 19.0 Å². The second kappa shape index (κ2) is 3.28. The lowest BCUT2D eigenvalue weighted by atomic mass is 10.0. The van der Waals surface area contributed by atoms with E-state index in [-0.39, 0.29) is 0 Å². The number of piperazine rings is 1. The van der Waals surface area contributed by atoms with Gasteiger partial charge in [0.05, 0.1) is 0 Å². The van der Waals surface area contributed by atoms with Crippen molar-refractivity contribution in [1.82, 2.24) is 10.2 Å². The van der Waals surface area contributed by atoms with Crippen molar-refractivity contribution < 1.29 is 9.90 Å². The van der Waals surface area contributed by atoms with E-state index in [9.17, 15) is 4.79 Å². The fourth-order valence-corrected chi connectivity index (χ4v) is 1.42. The second-order valence-corrected chi connectivity index (χ2v) is 3.07. The quantitative estimate of drug-likeness (QED) is 0.505. The van der Waals surface area contributed by atoms with Gasteiger partial charge in [-0.2, -0.15) is 0 Å². The Morgan fingerprint density at radius 3 is 2.92 bits per heavy atom.